The van der Waals surface area contributed by atoms with E-state index in [1.165, 1.54) is 0 Å². The molecule has 0 spiro atoms. The van der Waals surface area contributed by atoms with Gasteiger partial charge in [0.1, 0.15) is 0 Å². The maximum atomic E-state index is 12.5. The molecule has 0 aliphatic carbocycles. The molecule has 0 unspecified atom stereocenters. The molecule has 0 saturated carbocycles. The molecule has 0 aliphatic heterocycles. The Morgan fingerprint density at radius 2 is 1.95 bits per heavy atom. The molecule has 0 aliphatic rings. The van der Waals surface area contributed by atoms with Crippen molar-refractivity contribution < 1.29 is 4.79 Å². The average molecular weight is 281 g/mol. The van der Waals surface area contributed by atoms with E-state index in [2.05, 4.69) is 20.4 Å². The van der Waals surface area contributed by atoms with E-state index in [0.717, 1.165) is 16.8 Å². The Labute approximate surface area is 121 Å². The van der Waals surface area contributed by atoms with E-state index >= 15 is 0 Å². The fraction of sp³-hybridized carbons (Fsp3) is 0.200. The molecule has 0 aromatic carbocycles. The minimum atomic E-state index is -0.173. The Morgan fingerprint density at radius 3 is 2.67 bits per heavy atom. The molecule has 3 aromatic heterocycles. The van der Waals surface area contributed by atoms with Gasteiger partial charge in [-0.2, -0.15) is 5.10 Å². The largest absolute Gasteiger partial charge is 0.322 e. The molecule has 0 fully saturated rings. The summed E-state index contributed by atoms with van der Waals surface area (Å²) in [6.45, 7) is 3.74. The fourth-order valence-electron chi connectivity index (χ4n) is 2.38. The number of carbonyl (C=O) groups excluding carboxylic acids is 1. The quantitative estimate of drug-likeness (QED) is 0.781. The molecule has 1 N–H and O–H groups in total. The molecule has 3 aromatic rings. The van der Waals surface area contributed by atoms with Crippen LogP contribution in [0.4, 0.5) is 5.69 Å². The number of aryl methyl sites for hydroxylation is 3. The van der Waals surface area contributed by atoms with Crippen LogP contribution in [0.25, 0.3) is 11.0 Å². The summed E-state index contributed by atoms with van der Waals surface area (Å²) in [6, 6.07) is 5.28. The van der Waals surface area contributed by atoms with Gasteiger partial charge in [0.05, 0.1) is 16.6 Å². The summed E-state index contributed by atoms with van der Waals surface area (Å²) >= 11 is 0. The smallest absolute Gasteiger partial charge is 0.256 e. The Morgan fingerprint density at radius 1 is 1.24 bits per heavy atom. The Bertz CT molecular complexity index is 823. The van der Waals surface area contributed by atoms with Crippen LogP contribution < -0.4 is 5.32 Å². The molecule has 0 radical (unpaired) electrons. The molecule has 6 heteroatoms. The number of amides is 1. The number of nitrogens with zero attached hydrogens (tertiary/aromatic N) is 4. The number of aromatic nitrogens is 4. The maximum Gasteiger partial charge on any atom is 0.256 e. The lowest BCUT2D eigenvalue weighted by Crippen LogP contribution is -2.13. The first-order chi connectivity index (χ1) is 10.1. The van der Waals surface area contributed by atoms with Gasteiger partial charge in [0, 0.05) is 30.8 Å². The van der Waals surface area contributed by atoms with Crippen LogP contribution in [-0.2, 0) is 7.05 Å². The van der Waals surface area contributed by atoms with Crippen molar-refractivity contribution in [2.45, 2.75) is 13.8 Å². The maximum absolute atomic E-state index is 12.5. The van der Waals surface area contributed by atoms with Crippen molar-refractivity contribution in [2.75, 3.05) is 5.32 Å². The number of hydrogen-bond donors (Lipinski definition) is 1. The lowest BCUT2D eigenvalue weighted by molar-refractivity contribution is 0.102. The van der Waals surface area contributed by atoms with Crippen LogP contribution in [0.5, 0.6) is 0 Å². The second-order valence-electron chi connectivity index (χ2n) is 4.91. The van der Waals surface area contributed by atoms with Crippen LogP contribution >= 0.6 is 0 Å². The highest BCUT2D eigenvalue weighted by atomic mass is 16.1. The van der Waals surface area contributed by atoms with Crippen LogP contribution in [0.15, 0.2) is 30.6 Å². The summed E-state index contributed by atoms with van der Waals surface area (Å²) in [5, 5.41) is 8.00. The van der Waals surface area contributed by atoms with Crippen molar-refractivity contribution in [3.8, 4) is 0 Å². The van der Waals surface area contributed by atoms with Crippen LogP contribution in [0.2, 0.25) is 0 Å². The first-order valence-electron chi connectivity index (χ1n) is 6.58. The highest BCUT2D eigenvalue weighted by Crippen LogP contribution is 2.22. The van der Waals surface area contributed by atoms with Crippen LogP contribution in [0.1, 0.15) is 21.7 Å². The highest BCUT2D eigenvalue weighted by molar-refractivity contribution is 6.12. The third kappa shape index (κ3) is 2.35. The molecule has 0 atom stereocenters. The van der Waals surface area contributed by atoms with Crippen molar-refractivity contribution in [2.24, 2.45) is 7.05 Å². The van der Waals surface area contributed by atoms with Gasteiger partial charge in [-0.1, -0.05) is 0 Å². The summed E-state index contributed by atoms with van der Waals surface area (Å²) in [5.41, 5.74) is 3.58. The molecular formula is C15H15N5O. The molecule has 3 heterocycles. The number of rotatable bonds is 2. The number of anilines is 1. The van der Waals surface area contributed by atoms with E-state index in [9.17, 15) is 4.79 Å². The zero-order chi connectivity index (χ0) is 15.0. The fourth-order valence-corrected chi connectivity index (χ4v) is 2.38. The van der Waals surface area contributed by atoms with Gasteiger partial charge in [0.15, 0.2) is 5.65 Å². The Kier molecular flexibility index (Phi) is 3.13. The van der Waals surface area contributed by atoms with Crippen molar-refractivity contribution in [1.29, 1.82) is 0 Å². The molecular weight excluding hydrogens is 266 g/mol. The van der Waals surface area contributed by atoms with E-state index in [0.29, 0.717) is 16.9 Å². The molecule has 3 rings (SSSR count). The normalized spacial score (nSPS) is 10.8. The second-order valence-corrected chi connectivity index (χ2v) is 4.91. The van der Waals surface area contributed by atoms with Crippen LogP contribution in [0.3, 0.4) is 0 Å². The average Bonchev–Trinajstić information content (AvgIpc) is 2.74. The van der Waals surface area contributed by atoms with E-state index in [4.69, 9.17) is 0 Å². The summed E-state index contributed by atoms with van der Waals surface area (Å²) in [7, 11) is 1.83. The van der Waals surface area contributed by atoms with Crippen LogP contribution in [0, 0.1) is 13.8 Å². The van der Waals surface area contributed by atoms with Crippen molar-refractivity contribution >= 4 is 22.6 Å². The van der Waals surface area contributed by atoms with Crippen molar-refractivity contribution in [1.82, 2.24) is 19.7 Å². The first kappa shape index (κ1) is 13.2. The molecule has 6 nitrogen and oxygen atoms in total. The summed E-state index contributed by atoms with van der Waals surface area (Å²) in [5.74, 6) is -0.173. The minimum absolute atomic E-state index is 0.173. The number of carbonyl (C=O) groups is 1. The number of pyridine rings is 2. The molecule has 0 saturated heterocycles. The van der Waals surface area contributed by atoms with Gasteiger partial charge in [-0.25, -0.2) is 4.98 Å². The van der Waals surface area contributed by atoms with E-state index in [1.54, 1.807) is 35.3 Å². The van der Waals surface area contributed by atoms with Gasteiger partial charge in [0.2, 0.25) is 0 Å². The number of hydrogen-bond acceptors (Lipinski definition) is 4. The molecule has 0 bridgehead atoms. The Balaban J connectivity index is 2.09. The first-order valence-corrected chi connectivity index (χ1v) is 6.58. The molecule has 21 heavy (non-hydrogen) atoms. The van der Waals surface area contributed by atoms with Gasteiger partial charge < -0.3 is 5.32 Å². The number of nitrogens with one attached hydrogen (secondary N) is 1. The Hall–Kier alpha value is -2.76. The van der Waals surface area contributed by atoms with Crippen molar-refractivity contribution in [3.63, 3.8) is 0 Å². The lowest BCUT2D eigenvalue weighted by atomic mass is 10.1. The third-order valence-electron chi connectivity index (χ3n) is 3.28. The van der Waals surface area contributed by atoms with Gasteiger partial charge in [-0.05, 0) is 32.0 Å². The van der Waals surface area contributed by atoms with E-state index in [-0.39, 0.29) is 5.91 Å². The lowest BCUT2D eigenvalue weighted by Gasteiger charge is -2.07. The summed E-state index contributed by atoms with van der Waals surface area (Å²) in [6.07, 6.45) is 3.27. The van der Waals surface area contributed by atoms with Gasteiger partial charge in [-0.15, -0.1) is 0 Å². The van der Waals surface area contributed by atoms with Gasteiger partial charge in [0.25, 0.3) is 5.91 Å². The predicted molar refractivity (Wildman–Crippen MR) is 80.2 cm³/mol. The standard InChI is InChI=1S/C15H15N5O/c1-9-8-12(13-10(2)19-20(3)14(13)17-9)15(21)18-11-4-6-16-7-5-11/h4-8H,1-3H3,(H,16,18,21). The summed E-state index contributed by atoms with van der Waals surface area (Å²) in [4.78, 5) is 20.9. The monoisotopic (exact) mass is 281 g/mol. The minimum Gasteiger partial charge on any atom is -0.322 e. The predicted octanol–water partition coefficient (Wildman–Crippen LogP) is 2.23. The van der Waals surface area contributed by atoms with Gasteiger partial charge in [-0.3, -0.25) is 14.5 Å². The van der Waals surface area contributed by atoms with Crippen LogP contribution in [-0.4, -0.2) is 25.7 Å². The molecule has 1 amide bonds. The van der Waals surface area contributed by atoms with Crippen molar-refractivity contribution in [3.05, 3.63) is 47.5 Å². The second kappa shape index (κ2) is 4.97. The third-order valence-corrected chi connectivity index (χ3v) is 3.28. The number of fused-ring (bicyclic) bond motifs is 1. The zero-order valence-corrected chi connectivity index (χ0v) is 12.1. The topological polar surface area (TPSA) is 72.7 Å². The summed E-state index contributed by atoms with van der Waals surface area (Å²) < 4.78 is 1.70. The SMILES string of the molecule is Cc1cc(C(=O)Nc2ccncc2)c2c(C)nn(C)c2n1. The highest BCUT2D eigenvalue weighted by Gasteiger charge is 2.17. The molecule has 106 valence electrons. The zero-order valence-electron chi connectivity index (χ0n) is 12.1. The van der Waals surface area contributed by atoms with E-state index in [1.807, 2.05) is 20.9 Å². The van der Waals surface area contributed by atoms with E-state index < -0.39 is 0 Å². The van der Waals surface area contributed by atoms with Gasteiger partial charge >= 0.3 is 0 Å².